The molecule has 168 valence electrons. The molecular formula is C23H31N3O5. The minimum absolute atomic E-state index is 0.0930. The number of nitrogens with one attached hydrogen (secondary N) is 2. The molecule has 3 saturated heterocycles. The molecule has 3 amide bonds. The van der Waals surface area contributed by atoms with E-state index in [0.29, 0.717) is 24.9 Å². The molecule has 3 N–H and O–H groups in total. The maximum Gasteiger partial charge on any atom is 0.250 e. The zero-order valence-electron chi connectivity index (χ0n) is 18.5. The van der Waals surface area contributed by atoms with Crippen LogP contribution in [0.15, 0.2) is 18.2 Å². The molecule has 4 rings (SSSR count). The fourth-order valence-corrected chi connectivity index (χ4v) is 5.84. The third kappa shape index (κ3) is 3.15. The van der Waals surface area contributed by atoms with Crippen molar-refractivity contribution < 1.29 is 24.2 Å². The van der Waals surface area contributed by atoms with Crippen molar-refractivity contribution in [2.24, 2.45) is 11.8 Å². The number of fused-ring (bicyclic) bond motifs is 1. The van der Waals surface area contributed by atoms with Gasteiger partial charge in [0.05, 0.1) is 17.4 Å². The van der Waals surface area contributed by atoms with Crippen molar-refractivity contribution in [2.45, 2.75) is 57.3 Å². The highest BCUT2D eigenvalue weighted by Crippen LogP contribution is 2.63. The Bertz CT molecular complexity index is 934. The van der Waals surface area contributed by atoms with Crippen molar-refractivity contribution in [3.05, 3.63) is 29.3 Å². The Morgan fingerprint density at radius 1 is 1.26 bits per heavy atom. The number of hydrogen-bond donors (Lipinski definition) is 3. The van der Waals surface area contributed by atoms with Gasteiger partial charge in [0, 0.05) is 25.9 Å². The van der Waals surface area contributed by atoms with E-state index in [-0.39, 0.29) is 30.9 Å². The number of carbonyl (C=O) groups is 3. The van der Waals surface area contributed by atoms with Crippen LogP contribution in [0.3, 0.4) is 0 Å². The quantitative estimate of drug-likeness (QED) is 0.628. The maximum absolute atomic E-state index is 13.6. The topological polar surface area (TPSA) is 108 Å². The Labute approximate surface area is 182 Å². The van der Waals surface area contributed by atoms with Crippen molar-refractivity contribution in [1.82, 2.24) is 10.2 Å². The van der Waals surface area contributed by atoms with Gasteiger partial charge < -0.3 is 25.4 Å². The van der Waals surface area contributed by atoms with E-state index in [1.807, 2.05) is 39.0 Å². The number of hydrogen-bond acceptors (Lipinski definition) is 5. The third-order valence-corrected chi connectivity index (χ3v) is 7.26. The molecule has 8 nitrogen and oxygen atoms in total. The summed E-state index contributed by atoms with van der Waals surface area (Å²) in [6.45, 7) is 5.88. The zero-order chi connectivity index (χ0) is 22.6. The Balaban J connectivity index is 1.74. The molecule has 0 aliphatic carbocycles. The second-order valence-electron chi connectivity index (χ2n) is 9.26. The lowest BCUT2D eigenvalue weighted by atomic mass is 9.66. The summed E-state index contributed by atoms with van der Waals surface area (Å²) in [4.78, 5) is 41.4. The van der Waals surface area contributed by atoms with Crippen molar-refractivity contribution in [3.8, 4) is 0 Å². The SMILES string of the molecule is CNC(=O)[C@H]1[C@H]2C(=O)N(CCCO)C(C(=O)Nc3cc(C)ccc3C)C23CC[C@]1(C)O3. The Morgan fingerprint density at radius 3 is 2.68 bits per heavy atom. The Kier molecular flexibility index (Phi) is 5.34. The molecule has 3 aliphatic rings. The zero-order valence-corrected chi connectivity index (χ0v) is 18.5. The van der Waals surface area contributed by atoms with E-state index in [1.54, 1.807) is 7.05 Å². The van der Waals surface area contributed by atoms with Crippen LogP contribution in [-0.4, -0.2) is 65.2 Å². The minimum Gasteiger partial charge on any atom is -0.396 e. The molecule has 0 radical (unpaired) electrons. The number of likely N-dealkylation sites (tertiary alicyclic amines) is 1. The minimum atomic E-state index is -1.04. The number of aryl methyl sites for hydroxylation is 2. The van der Waals surface area contributed by atoms with E-state index in [1.165, 1.54) is 4.90 Å². The van der Waals surface area contributed by atoms with Crippen LogP contribution in [0.25, 0.3) is 0 Å². The fourth-order valence-electron chi connectivity index (χ4n) is 5.84. The molecule has 1 aromatic rings. The molecule has 0 aromatic heterocycles. The third-order valence-electron chi connectivity index (χ3n) is 7.26. The number of aliphatic hydroxyl groups excluding tert-OH is 1. The highest BCUT2D eigenvalue weighted by atomic mass is 16.5. The molecule has 1 aromatic carbocycles. The molecular weight excluding hydrogens is 398 g/mol. The number of nitrogens with zero attached hydrogens (tertiary/aromatic N) is 1. The van der Waals surface area contributed by atoms with Gasteiger partial charge in [-0.15, -0.1) is 0 Å². The molecule has 2 unspecified atom stereocenters. The van der Waals surface area contributed by atoms with Crippen molar-refractivity contribution in [2.75, 3.05) is 25.5 Å². The predicted molar refractivity (Wildman–Crippen MR) is 114 cm³/mol. The van der Waals surface area contributed by atoms with Crippen LogP contribution < -0.4 is 10.6 Å². The van der Waals surface area contributed by atoms with Gasteiger partial charge in [0.25, 0.3) is 0 Å². The van der Waals surface area contributed by atoms with Gasteiger partial charge in [0.2, 0.25) is 17.7 Å². The lowest BCUT2D eigenvalue weighted by Gasteiger charge is -2.33. The number of ether oxygens (including phenoxy) is 1. The summed E-state index contributed by atoms with van der Waals surface area (Å²) in [6, 6.07) is 4.96. The van der Waals surface area contributed by atoms with Crippen LogP contribution in [0.4, 0.5) is 5.69 Å². The standard InChI is InChI=1S/C23H31N3O5/c1-13-6-7-14(2)15(12-13)25-20(29)18-23-9-8-22(3,31-23)16(19(28)24-4)17(23)21(30)26(18)10-5-11-27/h6-7,12,16-18,27H,5,8-11H2,1-4H3,(H,24,28)(H,25,29)/t16-,17+,18?,22+,23?/m1/s1. The first-order valence-electron chi connectivity index (χ1n) is 10.9. The largest absolute Gasteiger partial charge is 0.396 e. The van der Waals surface area contributed by atoms with E-state index >= 15 is 0 Å². The van der Waals surface area contributed by atoms with E-state index in [9.17, 15) is 19.5 Å². The van der Waals surface area contributed by atoms with E-state index in [4.69, 9.17) is 4.74 Å². The summed E-state index contributed by atoms with van der Waals surface area (Å²) >= 11 is 0. The number of aliphatic hydroxyl groups is 1. The molecule has 3 fully saturated rings. The average molecular weight is 430 g/mol. The molecule has 3 aliphatic heterocycles. The molecule has 0 saturated carbocycles. The fraction of sp³-hybridized carbons (Fsp3) is 0.609. The van der Waals surface area contributed by atoms with Crippen molar-refractivity contribution in [3.63, 3.8) is 0 Å². The monoisotopic (exact) mass is 429 g/mol. The number of carbonyl (C=O) groups excluding carboxylic acids is 3. The van der Waals surface area contributed by atoms with Crippen LogP contribution in [0.5, 0.6) is 0 Å². The van der Waals surface area contributed by atoms with Gasteiger partial charge in [-0.25, -0.2) is 0 Å². The first-order valence-corrected chi connectivity index (χ1v) is 10.9. The lowest BCUT2D eigenvalue weighted by Crippen LogP contribution is -2.53. The molecule has 2 bridgehead atoms. The Morgan fingerprint density at radius 2 is 2.00 bits per heavy atom. The maximum atomic E-state index is 13.6. The van der Waals surface area contributed by atoms with Gasteiger partial charge in [-0.1, -0.05) is 12.1 Å². The predicted octanol–water partition coefficient (Wildman–Crippen LogP) is 1.14. The van der Waals surface area contributed by atoms with Gasteiger partial charge in [-0.05, 0) is 57.2 Å². The van der Waals surface area contributed by atoms with Gasteiger partial charge in [-0.2, -0.15) is 0 Å². The van der Waals surface area contributed by atoms with E-state index < -0.39 is 29.1 Å². The second-order valence-corrected chi connectivity index (χ2v) is 9.26. The van der Waals surface area contributed by atoms with Gasteiger partial charge in [0.1, 0.15) is 11.6 Å². The average Bonchev–Trinajstić information content (AvgIpc) is 3.29. The number of rotatable bonds is 6. The van der Waals surface area contributed by atoms with Gasteiger partial charge in [0.15, 0.2) is 0 Å². The Hall–Kier alpha value is -2.45. The van der Waals surface area contributed by atoms with E-state index in [0.717, 1.165) is 11.1 Å². The first kappa shape index (κ1) is 21.8. The first-order chi connectivity index (χ1) is 14.7. The van der Waals surface area contributed by atoms with Crippen molar-refractivity contribution in [1.29, 1.82) is 0 Å². The molecule has 5 atom stereocenters. The number of amides is 3. The smallest absolute Gasteiger partial charge is 0.250 e. The van der Waals surface area contributed by atoms with Crippen LogP contribution in [0, 0.1) is 25.7 Å². The normalized spacial score (nSPS) is 33.5. The van der Waals surface area contributed by atoms with Gasteiger partial charge in [-0.3, -0.25) is 14.4 Å². The summed E-state index contributed by atoms with van der Waals surface area (Å²) in [5.41, 5.74) is 0.815. The summed E-state index contributed by atoms with van der Waals surface area (Å²) in [7, 11) is 1.55. The van der Waals surface area contributed by atoms with Crippen LogP contribution in [0.1, 0.15) is 37.3 Å². The van der Waals surface area contributed by atoms with Crippen molar-refractivity contribution >= 4 is 23.4 Å². The summed E-state index contributed by atoms with van der Waals surface area (Å²) in [6.07, 6.45) is 1.49. The molecule has 31 heavy (non-hydrogen) atoms. The molecule has 8 heteroatoms. The van der Waals surface area contributed by atoms with E-state index in [2.05, 4.69) is 10.6 Å². The lowest BCUT2D eigenvalue weighted by molar-refractivity contribution is -0.144. The summed E-state index contributed by atoms with van der Waals surface area (Å²) < 4.78 is 6.47. The summed E-state index contributed by atoms with van der Waals surface area (Å²) in [5, 5.41) is 15.0. The number of anilines is 1. The highest BCUT2D eigenvalue weighted by molar-refractivity contribution is 6.04. The van der Waals surface area contributed by atoms with Crippen LogP contribution in [-0.2, 0) is 19.1 Å². The summed E-state index contributed by atoms with van der Waals surface area (Å²) in [5.74, 6) is -2.15. The molecule has 1 spiro atoms. The van der Waals surface area contributed by atoms with Gasteiger partial charge >= 0.3 is 0 Å². The second kappa shape index (κ2) is 7.60. The van der Waals surface area contributed by atoms with Crippen LogP contribution >= 0.6 is 0 Å². The number of benzene rings is 1. The van der Waals surface area contributed by atoms with Crippen LogP contribution in [0.2, 0.25) is 0 Å². The molecule has 3 heterocycles. The highest BCUT2D eigenvalue weighted by Gasteiger charge is 2.77.